The monoisotopic (exact) mass is 838 g/mol. The Bertz CT molecular complexity index is 1700. The van der Waals surface area contributed by atoms with Crippen molar-refractivity contribution in [3.8, 4) is 5.75 Å². The molecule has 0 aromatic heterocycles. The number of methoxy groups -OCH3 is 1. The number of alkyl halides is 1. The number of halogens is 3. The first-order valence-electron chi connectivity index (χ1n) is 18.3. The van der Waals surface area contributed by atoms with Crippen LogP contribution in [0.3, 0.4) is 0 Å². The largest absolute Gasteiger partial charge is 0.495 e. The van der Waals surface area contributed by atoms with Crippen LogP contribution in [-0.4, -0.2) is 90.8 Å². The summed E-state index contributed by atoms with van der Waals surface area (Å²) >= 11 is 18.9. The standard InChI is InChI=1S/C40H53Cl3N4O9/c1-23(2)17-32-38(52)55-30(24(3)36(50)35(42)27-14-11-25(12-15-27)20-44-34(49)21-47(6)43)9-8-10-33(48)46-29(19-26-13-16-31(54-7)28(41)18-26)37(51)45-22-40(4,5)39(53)56-32/h8,10-16,18,23-24,29-30,32,35-36,50H,9,17,19-22H2,1-7H3,(H,44,49)(H,45,51)(H,46,48)/b10-8+/t24-,29+,30-,32-,35-,36+/m0/s1. The molecule has 16 heteroatoms. The molecule has 0 saturated carbocycles. The summed E-state index contributed by atoms with van der Waals surface area (Å²) in [7, 11) is 3.05. The van der Waals surface area contributed by atoms with Crippen molar-refractivity contribution in [3.05, 3.63) is 76.3 Å². The summed E-state index contributed by atoms with van der Waals surface area (Å²) in [5.74, 6) is -3.38. The lowest BCUT2D eigenvalue weighted by Crippen LogP contribution is -2.51. The third-order valence-corrected chi connectivity index (χ3v) is 10.1. The highest BCUT2D eigenvalue weighted by Gasteiger charge is 2.38. The molecular formula is C40H53Cl3N4O9. The Morgan fingerprint density at radius 3 is 2.34 bits per heavy atom. The number of carbonyl (C=O) groups is 5. The van der Waals surface area contributed by atoms with Gasteiger partial charge in [-0.3, -0.25) is 19.2 Å². The highest BCUT2D eigenvalue weighted by atomic mass is 35.5. The smallest absolute Gasteiger partial charge is 0.347 e. The van der Waals surface area contributed by atoms with E-state index in [1.165, 1.54) is 23.7 Å². The molecule has 0 spiro atoms. The van der Waals surface area contributed by atoms with Crippen molar-refractivity contribution >= 4 is 64.6 Å². The molecule has 1 aliphatic rings. The van der Waals surface area contributed by atoms with E-state index >= 15 is 0 Å². The second-order valence-electron chi connectivity index (χ2n) is 15.0. The van der Waals surface area contributed by atoms with Crippen molar-refractivity contribution < 1.29 is 43.3 Å². The summed E-state index contributed by atoms with van der Waals surface area (Å²) < 4.78 is 18.2. The minimum Gasteiger partial charge on any atom is -0.495 e. The van der Waals surface area contributed by atoms with Gasteiger partial charge >= 0.3 is 11.9 Å². The molecule has 0 radical (unpaired) electrons. The van der Waals surface area contributed by atoms with Gasteiger partial charge in [0.1, 0.15) is 17.9 Å². The molecule has 0 fully saturated rings. The van der Waals surface area contributed by atoms with Crippen LogP contribution >= 0.6 is 35.0 Å². The average Bonchev–Trinajstić information content (AvgIpc) is 3.13. The fourth-order valence-corrected chi connectivity index (χ4v) is 6.54. The molecule has 6 atom stereocenters. The molecule has 1 heterocycles. The number of nitrogens with one attached hydrogen (secondary N) is 3. The number of rotatable bonds is 13. The van der Waals surface area contributed by atoms with Crippen LogP contribution in [0.1, 0.15) is 69.5 Å². The van der Waals surface area contributed by atoms with Crippen molar-refractivity contribution in [3.63, 3.8) is 0 Å². The molecule has 13 nitrogen and oxygen atoms in total. The minimum absolute atomic E-state index is 0.0235. The molecule has 4 N–H and O–H groups in total. The molecule has 3 rings (SSSR count). The predicted molar refractivity (Wildman–Crippen MR) is 214 cm³/mol. The van der Waals surface area contributed by atoms with Crippen LogP contribution in [0.25, 0.3) is 0 Å². The number of nitrogens with zero attached hydrogens (tertiary/aromatic N) is 1. The Balaban J connectivity index is 1.90. The Kier molecular flexibility index (Phi) is 17.9. The zero-order chi connectivity index (χ0) is 41.7. The van der Waals surface area contributed by atoms with Crippen molar-refractivity contribution in [2.45, 2.75) is 90.2 Å². The fourth-order valence-electron chi connectivity index (χ4n) is 5.78. The second kappa shape index (κ2) is 21.6. The van der Waals surface area contributed by atoms with Crippen LogP contribution in [0, 0.1) is 17.3 Å². The number of esters is 2. The SMILES string of the molecule is COc1ccc(C[C@H]2NC(=O)/C=C/C[C@@H]([C@H](C)[C@@H](O)[C@@H](Cl)c3ccc(CNC(=O)CN(C)Cl)cc3)OC(=O)[C@H](CC(C)C)OC(=O)C(C)(C)CNC2=O)cc1Cl. The van der Waals surface area contributed by atoms with Crippen molar-refractivity contribution in [2.24, 2.45) is 17.3 Å². The van der Waals surface area contributed by atoms with E-state index in [9.17, 15) is 29.1 Å². The molecule has 3 amide bonds. The summed E-state index contributed by atoms with van der Waals surface area (Å²) in [6, 6.07) is 10.9. The van der Waals surface area contributed by atoms with E-state index in [4.69, 9.17) is 49.2 Å². The second-order valence-corrected chi connectivity index (χ2v) is 16.5. The first kappa shape index (κ1) is 46.5. The summed E-state index contributed by atoms with van der Waals surface area (Å²) in [4.78, 5) is 66.0. The minimum atomic E-state index is -1.29. The van der Waals surface area contributed by atoms with E-state index in [2.05, 4.69) is 16.0 Å². The van der Waals surface area contributed by atoms with Crippen LogP contribution in [0.5, 0.6) is 5.75 Å². The molecule has 2 aromatic carbocycles. The number of likely N-dealkylation sites (N-methyl/N-ethyl adjacent to an activating group) is 1. The Labute approximate surface area is 343 Å². The quantitative estimate of drug-likeness (QED) is 0.122. The third kappa shape index (κ3) is 14.3. The van der Waals surface area contributed by atoms with Gasteiger partial charge < -0.3 is 35.3 Å². The maximum absolute atomic E-state index is 13.7. The number of cyclic esters (lactones) is 2. The lowest BCUT2D eigenvalue weighted by atomic mass is 9.90. The van der Waals surface area contributed by atoms with E-state index in [-0.39, 0.29) is 50.7 Å². The van der Waals surface area contributed by atoms with Gasteiger partial charge in [-0.05, 0) is 72.9 Å². The van der Waals surface area contributed by atoms with E-state index in [0.29, 0.717) is 21.9 Å². The average molecular weight is 840 g/mol. The highest BCUT2D eigenvalue weighted by molar-refractivity contribution is 6.32. The van der Waals surface area contributed by atoms with Gasteiger partial charge in [0.25, 0.3) is 0 Å². The summed E-state index contributed by atoms with van der Waals surface area (Å²) in [5, 5.41) is 19.1. The molecule has 0 unspecified atom stereocenters. The van der Waals surface area contributed by atoms with Crippen LogP contribution in [-0.2, 0) is 46.4 Å². The third-order valence-electron chi connectivity index (χ3n) is 9.22. The van der Waals surface area contributed by atoms with E-state index in [1.807, 2.05) is 13.8 Å². The van der Waals surface area contributed by atoms with Gasteiger partial charge in [-0.1, -0.05) is 68.8 Å². The lowest BCUT2D eigenvalue weighted by Gasteiger charge is -2.32. The van der Waals surface area contributed by atoms with E-state index in [1.54, 1.807) is 70.3 Å². The molecule has 56 heavy (non-hydrogen) atoms. The van der Waals surface area contributed by atoms with Crippen LogP contribution in [0.15, 0.2) is 54.6 Å². The van der Waals surface area contributed by atoms with Crippen LogP contribution in [0.4, 0.5) is 0 Å². The Morgan fingerprint density at radius 2 is 1.73 bits per heavy atom. The molecule has 308 valence electrons. The van der Waals surface area contributed by atoms with Gasteiger partial charge in [0, 0.05) is 38.9 Å². The number of benzene rings is 2. The lowest BCUT2D eigenvalue weighted by molar-refractivity contribution is -0.180. The summed E-state index contributed by atoms with van der Waals surface area (Å²) in [6.07, 6.45) is -0.676. The number of amides is 3. The highest BCUT2D eigenvalue weighted by Crippen LogP contribution is 2.33. The Morgan fingerprint density at radius 1 is 1.07 bits per heavy atom. The van der Waals surface area contributed by atoms with Crippen LogP contribution < -0.4 is 20.7 Å². The van der Waals surface area contributed by atoms with Crippen molar-refractivity contribution in [1.29, 1.82) is 0 Å². The van der Waals surface area contributed by atoms with Crippen molar-refractivity contribution in [2.75, 3.05) is 27.2 Å². The zero-order valence-electron chi connectivity index (χ0n) is 32.8. The molecular weight excluding hydrogens is 787 g/mol. The van der Waals surface area contributed by atoms with Gasteiger partial charge in [0.15, 0.2) is 6.10 Å². The molecule has 1 aliphatic heterocycles. The number of carbonyl (C=O) groups excluding carboxylic acids is 5. The maximum atomic E-state index is 13.7. The first-order chi connectivity index (χ1) is 26.3. The van der Waals surface area contributed by atoms with Gasteiger partial charge in [-0.2, -0.15) is 0 Å². The summed E-state index contributed by atoms with van der Waals surface area (Å²) in [6.45, 7) is 8.65. The van der Waals surface area contributed by atoms with Gasteiger partial charge in [-0.15, -0.1) is 11.6 Å². The first-order valence-corrected chi connectivity index (χ1v) is 19.5. The maximum Gasteiger partial charge on any atom is 0.347 e. The van der Waals surface area contributed by atoms with Crippen LogP contribution in [0.2, 0.25) is 5.02 Å². The molecule has 0 aliphatic carbocycles. The number of aliphatic hydroxyl groups is 1. The van der Waals surface area contributed by atoms with Gasteiger partial charge in [0.2, 0.25) is 17.7 Å². The molecule has 0 bridgehead atoms. The van der Waals surface area contributed by atoms with E-state index < -0.39 is 64.8 Å². The van der Waals surface area contributed by atoms with Gasteiger partial charge in [-0.25, -0.2) is 9.21 Å². The van der Waals surface area contributed by atoms with Gasteiger partial charge in [0.05, 0.1) is 35.6 Å². The molecule has 0 saturated heterocycles. The number of ether oxygens (including phenoxy) is 3. The fraction of sp³-hybridized carbons (Fsp3) is 0.525. The normalized spacial score (nSPS) is 21.9. The molecule has 2 aromatic rings. The number of hydrogen-bond acceptors (Lipinski definition) is 10. The zero-order valence-corrected chi connectivity index (χ0v) is 35.0. The van der Waals surface area contributed by atoms with E-state index in [0.717, 1.165) is 5.56 Å². The summed E-state index contributed by atoms with van der Waals surface area (Å²) in [5.41, 5.74) is 0.734. The number of hydrogen-bond donors (Lipinski definition) is 4. The number of aliphatic hydroxyl groups excluding tert-OH is 1. The van der Waals surface area contributed by atoms with Crippen molar-refractivity contribution in [1.82, 2.24) is 20.4 Å². The topological polar surface area (TPSA) is 173 Å². The predicted octanol–water partition coefficient (Wildman–Crippen LogP) is 5.03. The Hall–Kier alpha value is -3.88.